The van der Waals surface area contributed by atoms with Crippen LogP contribution in [0.3, 0.4) is 0 Å². The number of hydrogen-bond donors (Lipinski definition) is 2. The molecule has 0 fully saturated rings. The largest absolute Gasteiger partial charge is 0.389 e. The molecule has 0 radical (unpaired) electrons. The third kappa shape index (κ3) is 38.7. The molecule has 0 aliphatic carbocycles. The highest BCUT2D eigenvalue weighted by atomic mass is 16.5. The van der Waals surface area contributed by atoms with Gasteiger partial charge in [-0.2, -0.15) is 0 Å². The zero-order valence-corrected chi connectivity index (χ0v) is 38.9. The molecule has 57 heavy (non-hydrogen) atoms. The van der Waals surface area contributed by atoms with Crippen LogP contribution < -0.4 is 0 Å². The molecular formula is C48H98N4O5. The lowest BCUT2D eigenvalue weighted by Crippen LogP contribution is -2.42. The number of unbranched alkanes of at least 4 members (excludes halogenated alkanes) is 24. The second-order valence-electron chi connectivity index (χ2n) is 17.8. The van der Waals surface area contributed by atoms with Crippen molar-refractivity contribution in [2.24, 2.45) is 0 Å². The third-order valence-electron chi connectivity index (χ3n) is 11.2. The zero-order chi connectivity index (χ0) is 42.2. The Kier molecular flexibility index (Phi) is 40.6. The number of rotatable bonds is 44. The van der Waals surface area contributed by atoms with E-state index in [1.54, 1.807) is 9.80 Å². The van der Waals surface area contributed by atoms with Gasteiger partial charge in [0.1, 0.15) is 0 Å². The molecular weight excluding hydrogens is 713 g/mol. The van der Waals surface area contributed by atoms with Crippen molar-refractivity contribution >= 4 is 11.8 Å². The van der Waals surface area contributed by atoms with Gasteiger partial charge in [0.2, 0.25) is 11.8 Å². The maximum absolute atomic E-state index is 13.2. The average molecular weight is 811 g/mol. The molecule has 9 heteroatoms. The molecule has 2 atom stereocenters. The smallest absolute Gasteiger partial charge is 0.222 e. The summed E-state index contributed by atoms with van der Waals surface area (Å²) in [5.41, 5.74) is 0. The number of carbonyl (C=O) groups excluding carboxylic acids is 2. The number of ether oxygens (including phenoxy) is 1. The van der Waals surface area contributed by atoms with Crippen LogP contribution >= 0.6 is 0 Å². The Balaban J connectivity index is 4.54. The molecule has 0 rings (SSSR count). The molecule has 0 aromatic heterocycles. The van der Waals surface area contributed by atoms with Gasteiger partial charge in [-0.1, -0.05) is 168 Å². The van der Waals surface area contributed by atoms with Crippen LogP contribution in [0, 0.1) is 0 Å². The predicted octanol–water partition coefficient (Wildman–Crippen LogP) is 10.2. The molecule has 0 spiro atoms. The van der Waals surface area contributed by atoms with Gasteiger partial charge in [-0.3, -0.25) is 9.59 Å². The van der Waals surface area contributed by atoms with Crippen molar-refractivity contribution in [3.63, 3.8) is 0 Å². The van der Waals surface area contributed by atoms with E-state index in [1.165, 1.54) is 141 Å². The van der Waals surface area contributed by atoms with E-state index < -0.39 is 12.2 Å². The van der Waals surface area contributed by atoms with Crippen molar-refractivity contribution in [3.05, 3.63) is 0 Å². The summed E-state index contributed by atoms with van der Waals surface area (Å²) in [6, 6.07) is 0. The lowest BCUT2D eigenvalue weighted by Gasteiger charge is -2.27. The molecule has 2 N–H and O–H groups in total. The molecule has 0 saturated carbocycles. The number of carbonyl (C=O) groups is 2. The summed E-state index contributed by atoms with van der Waals surface area (Å²) in [4.78, 5) is 34.3. The number of nitrogens with zero attached hydrogens (tertiary/aromatic N) is 4. The van der Waals surface area contributed by atoms with Crippen molar-refractivity contribution in [1.29, 1.82) is 0 Å². The van der Waals surface area contributed by atoms with Crippen LogP contribution in [-0.4, -0.2) is 135 Å². The van der Waals surface area contributed by atoms with Gasteiger partial charge in [0.05, 0.1) is 25.4 Å². The van der Waals surface area contributed by atoms with Gasteiger partial charge in [0.25, 0.3) is 0 Å². The lowest BCUT2D eigenvalue weighted by molar-refractivity contribution is -0.134. The Bertz CT molecular complexity index is 808. The van der Waals surface area contributed by atoms with E-state index in [0.29, 0.717) is 25.9 Å². The number of amides is 2. The van der Waals surface area contributed by atoms with E-state index in [0.717, 1.165) is 51.6 Å². The minimum absolute atomic E-state index is 0.0425. The Hall–Kier alpha value is -1.26. The van der Waals surface area contributed by atoms with Crippen LogP contribution in [0.25, 0.3) is 0 Å². The fourth-order valence-corrected chi connectivity index (χ4v) is 7.65. The van der Waals surface area contributed by atoms with Crippen LogP contribution in [0.5, 0.6) is 0 Å². The number of aliphatic hydroxyl groups excluding tert-OH is 2. The van der Waals surface area contributed by atoms with E-state index >= 15 is 0 Å². The first-order valence-corrected chi connectivity index (χ1v) is 24.4. The van der Waals surface area contributed by atoms with Crippen molar-refractivity contribution < 1.29 is 24.5 Å². The van der Waals surface area contributed by atoms with E-state index in [2.05, 4.69) is 23.6 Å². The molecule has 0 saturated heterocycles. The monoisotopic (exact) mass is 811 g/mol. The summed E-state index contributed by atoms with van der Waals surface area (Å²) in [7, 11) is 8.13. The SMILES string of the molecule is CCCCCCCCCCCCCCCC(=O)N(CCCN(C)C)CC(O)COCC(O)CN(CCCN(C)C)C(=O)CCCCCCCCCCCCCCC. The molecule has 340 valence electrons. The summed E-state index contributed by atoms with van der Waals surface area (Å²) < 4.78 is 5.78. The maximum Gasteiger partial charge on any atom is 0.222 e. The van der Waals surface area contributed by atoms with Gasteiger partial charge in [-0.15, -0.1) is 0 Å². The third-order valence-corrected chi connectivity index (χ3v) is 11.2. The summed E-state index contributed by atoms with van der Waals surface area (Å²) in [6.45, 7) is 8.06. The second-order valence-corrected chi connectivity index (χ2v) is 17.8. The van der Waals surface area contributed by atoms with Gasteiger partial charge < -0.3 is 34.5 Å². The van der Waals surface area contributed by atoms with Crippen LogP contribution in [-0.2, 0) is 14.3 Å². The Morgan fingerprint density at radius 3 is 0.930 bits per heavy atom. The molecule has 2 amide bonds. The van der Waals surface area contributed by atoms with Crippen molar-refractivity contribution in [3.8, 4) is 0 Å². The number of aliphatic hydroxyl groups is 2. The van der Waals surface area contributed by atoms with Crippen LogP contribution in [0.2, 0.25) is 0 Å². The molecule has 0 aromatic carbocycles. The van der Waals surface area contributed by atoms with Gasteiger partial charge in [-0.05, 0) is 67.0 Å². The second kappa shape index (κ2) is 41.5. The maximum atomic E-state index is 13.2. The Labute approximate surface area is 354 Å². The topological polar surface area (TPSA) is 96.8 Å². The molecule has 0 aliphatic heterocycles. The Morgan fingerprint density at radius 2 is 0.667 bits per heavy atom. The predicted molar refractivity (Wildman–Crippen MR) is 243 cm³/mol. The van der Waals surface area contributed by atoms with Crippen LogP contribution in [0.15, 0.2) is 0 Å². The molecule has 0 heterocycles. The average Bonchev–Trinajstić information content (AvgIpc) is 3.17. The first kappa shape index (κ1) is 55.7. The summed E-state index contributed by atoms with van der Waals surface area (Å²) in [6.07, 6.45) is 34.3. The molecule has 0 aliphatic rings. The first-order chi connectivity index (χ1) is 27.6. The highest BCUT2D eigenvalue weighted by Crippen LogP contribution is 2.16. The van der Waals surface area contributed by atoms with Crippen molar-refractivity contribution in [2.45, 2.75) is 219 Å². The van der Waals surface area contributed by atoms with Gasteiger partial charge in [0.15, 0.2) is 0 Å². The quantitative estimate of drug-likeness (QED) is 0.0592. The summed E-state index contributed by atoms with van der Waals surface area (Å²) >= 11 is 0. The molecule has 9 nitrogen and oxygen atoms in total. The van der Waals surface area contributed by atoms with Crippen molar-refractivity contribution in [1.82, 2.24) is 19.6 Å². The molecule has 2 unspecified atom stereocenters. The molecule has 0 aromatic rings. The van der Waals surface area contributed by atoms with Gasteiger partial charge in [-0.25, -0.2) is 0 Å². The minimum Gasteiger partial charge on any atom is -0.389 e. The zero-order valence-electron chi connectivity index (χ0n) is 38.9. The highest BCUT2D eigenvalue weighted by Gasteiger charge is 2.20. The van der Waals surface area contributed by atoms with E-state index in [4.69, 9.17) is 4.74 Å². The fourth-order valence-electron chi connectivity index (χ4n) is 7.65. The van der Waals surface area contributed by atoms with Gasteiger partial charge in [0, 0.05) is 39.0 Å². The Morgan fingerprint density at radius 1 is 0.404 bits per heavy atom. The van der Waals surface area contributed by atoms with Crippen molar-refractivity contribution in [2.75, 3.05) is 80.7 Å². The van der Waals surface area contributed by atoms with E-state index in [-0.39, 0.29) is 38.1 Å². The van der Waals surface area contributed by atoms with Crippen LogP contribution in [0.1, 0.15) is 206 Å². The summed E-state index contributed by atoms with van der Waals surface area (Å²) in [5.74, 6) is 0.206. The first-order valence-electron chi connectivity index (χ1n) is 24.4. The van der Waals surface area contributed by atoms with E-state index in [1.807, 2.05) is 28.2 Å². The van der Waals surface area contributed by atoms with Crippen LogP contribution in [0.4, 0.5) is 0 Å². The fraction of sp³-hybridized carbons (Fsp3) is 0.958. The lowest BCUT2D eigenvalue weighted by atomic mass is 10.0. The van der Waals surface area contributed by atoms with Gasteiger partial charge >= 0.3 is 0 Å². The normalized spacial score (nSPS) is 12.8. The van der Waals surface area contributed by atoms with E-state index in [9.17, 15) is 19.8 Å². The number of hydrogen-bond acceptors (Lipinski definition) is 7. The minimum atomic E-state index is -0.833. The highest BCUT2D eigenvalue weighted by molar-refractivity contribution is 5.76. The summed E-state index contributed by atoms with van der Waals surface area (Å²) in [5, 5.41) is 21.8. The molecule has 0 bridgehead atoms. The standard InChI is InChI=1S/C48H98N4O5/c1-7-9-11-13-15-17-19-21-23-25-27-29-31-35-47(55)51(39-33-37-49(3)4)41-45(53)43-57-44-46(54)42-52(40-34-38-50(5)6)48(56)36-32-30-28-26-24-22-20-18-16-14-12-10-8-2/h45-46,53-54H,7-44H2,1-6H3.